The van der Waals surface area contributed by atoms with Crippen LogP contribution in [0.5, 0.6) is 0 Å². The maximum atomic E-state index is 4.87. The molecular weight excluding hydrogens is 244 g/mol. The van der Waals surface area contributed by atoms with Crippen LogP contribution in [0.15, 0.2) is 10.2 Å². The Balaban J connectivity index is 4.30. The summed E-state index contributed by atoms with van der Waals surface area (Å²) < 4.78 is 0. The van der Waals surface area contributed by atoms with Gasteiger partial charge in [0.25, 0.3) is 0 Å². The van der Waals surface area contributed by atoms with Crippen LogP contribution >= 0.6 is 24.4 Å². The third-order valence-electron chi connectivity index (χ3n) is 1.63. The zero-order valence-electron chi connectivity index (χ0n) is 9.71. The van der Waals surface area contributed by atoms with Crippen LogP contribution in [0.25, 0.3) is 0 Å². The highest BCUT2D eigenvalue weighted by atomic mass is 32.1. The van der Waals surface area contributed by atoms with Crippen LogP contribution in [-0.4, -0.2) is 35.7 Å². The van der Waals surface area contributed by atoms with Gasteiger partial charge in [-0.25, -0.2) is 0 Å². The average molecular weight is 260 g/mol. The van der Waals surface area contributed by atoms with E-state index in [0.717, 1.165) is 0 Å². The van der Waals surface area contributed by atoms with Crippen LogP contribution in [-0.2, 0) is 0 Å². The van der Waals surface area contributed by atoms with E-state index < -0.39 is 0 Å². The van der Waals surface area contributed by atoms with Crippen molar-refractivity contribution in [1.29, 1.82) is 0 Å². The second kappa shape index (κ2) is 7.94. The molecule has 16 heavy (non-hydrogen) atoms. The summed E-state index contributed by atoms with van der Waals surface area (Å²) in [4.78, 5) is 0. The number of thiocarbonyl (C=S) groups is 2. The van der Waals surface area contributed by atoms with Crippen molar-refractivity contribution in [2.24, 2.45) is 10.2 Å². The first kappa shape index (κ1) is 14.7. The molecule has 0 radical (unpaired) electrons. The fourth-order valence-electron chi connectivity index (χ4n) is 0.543. The Labute approximate surface area is 106 Å². The van der Waals surface area contributed by atoms with E-state index in [1.54, 1.807) is 14.1 Å². The van der Waals surface area contributed by atoms with Crippen molar-refractivity contribution in [3.8, 4) is 0 Å². The van der Waals surface area contributed by atoms with E-state index in [1.807, 2.05) is 13.8 Å². The van der Waals surface area contributed by atoms with E-state index in [1.165, 1.54) is 0 Å². The number of rotatable bonds is 3. The summed E-state index contributed by atoms with van der Waals surface area (Å²) in [6.45, 7) is 3.63. The fraction of sp³-hybridized carbons (Fsp3) is 0.500. The highest BCUT2D eigenvalue weighted by Gasteiger charge is 1.97. The lowest BCUT2D eigenvalue weighted by Crippen LogP contribution is -2.31. The molecule has 4 N–H and O–H groups in total. The Morgan fingerprint density at radius 3 is 1.38 bits per heavy atom. The smallest absolute Gasteiger partial charge is 0.186 e. The van der Waals surface area contributed by atoms with Crippen LogP contribution in [0.3, 0.4) is 0 Å². The lowest BCUT2D eigenvalue weighted by molar-refractivity contribution is 0.965. The van der Waals surface area contributed by atoms with E-state index >= 15 is 0 Å². The maximum absolute atomic E-state index is 4.87. The van der Waals surface area contributed by atoms with Gasteiger partial charge in [0.2, 0.25) is 0 Å². The molecule has 0 heterocycles. The van der Waals surface area contributed by atoms with Crippen molar-refractivity contribution in [2.75, 3.05) is 14.1 Å². The number of hydrazone groups is 2. The molecule has 6 nitrogen and oxygen atoms in total. The van der Waals surface area contributed by atoms with E-state index in [9.17, 15) is 0 Å². The van der Waals surface area contributed by atoms with Crippen molar-refractivity contribution in [2.45, 2.75) is 13.8 Å². The maximum Gasteiger partial charge on any atom is 0.186 e. The van der Waals surface area contributed by atoms with Crippen LogP contribution < -0.4 is 21.5 Å². The molecule has 0 aromatic rings. The minimum absolute atomic E-state index is 0.450. The molecule has 0 aliphatic heterocycles. The third kappa shape index (κ3) is 6.25. The molecule has 0 bridgehead atoms. The highest BCUT2D eigenvalue weighted by Crippen LogP contribution is 1.82. The van der Waals surface area contributed by atoms with Crippen molar-refractivity contribution in [1.82, 2.24) is 21.5 Å². The zero-order valence-corrected chi connectivity index (χ0v) is 11.3. The van der Waals surface area contributed by atoms with Gasteiger partial charge >= 0.3 is 0 Å². The zero-order chi connectivity index (χ0) is 12.6. The number of hydrogen-bond acceptors (Lipinski definition) is 4. The predicted octanol–water partition coefficient (Wildman–Crippen LogP) is -0.0740. The molecule has 0 saturated carbocycles. The standard InChI is InChI=1S/C8H16N6S2/c1-5(11-13-7(15)9-3)6(2)12-14-8(16)10-4/h1-4H3,(H2,9,13,15)(H2,10,14,16)/b11-5-,12-6-. The van der Waals surface area contributed by atoms with E-state index in [4.69, 9.17) is 24.4 Å². The van der Waals surface area contributed by atoms with Crippen molar-refractivity contribution < 1.29 is 0 Å². The van der Waals surface area contributed by atoms with Gasteiger partial charge in [-0.2, -0.15) is 10.2 Å². The molecule has 0 aromatic carbocycles. The first-order valence-electron chi connectivity index (χ1n) is 4.55. The average Bonchev–Trinajstić information content (AvgIpc) is 2.31. The Hall–Kier alpha value is -1.28. The van der Waals surface area contributed by atoms with Crippen LogP contribution in [0.4, 0.5) is 0 Å². The topological polar surface area (TPSA) is 72.8 Å². The Bertz CT molecular complexity index is 290. The molecule has 0 saturated heterocycles. The lowest BCUT2D eigenvalue weighted by atomic mass is 10.3. The van der Waals surface area contributed by atoms with Gasteiger partial charge in [-0.05, 0) is 38.3 Å². The largest absolute Gasteiger partial charge is 0.364 e. The molecule has 90 valence electrons. The molecule has 8 heteroatoms. The summed E-state index contributed by atoms with van der Waals surface area (Å²) in [5, 5.41) is 14.4. The summed E-state index contributed by atoms with van der Waals surface area (Å²) in [7, 11) is 3.43. The van der Waals surface area contributed by atoms with Gasteiger partial charge in [0.15, 0.2) is 10.2 Å². The Morgan fingerprint density at radius 1 is 0.812 bits per heavy atom. The minimum atomic E-state index is 0.450. The van der Waals surface area contributed by atoms with Crippen molar-refractivity contribution in [3.63, 3.8) is 0 Å². The molecule has 0 aliphatic carbocycles. The molecule has 0 aliphatic rings. The number of nitrogens with one attached hydrogen (secondary N) is 4. The molecule has 0 rings (SSSR count). The van der Waals surface area contributed by atoms with Crippen LogP contribution in [0.2, 0.25) is 0 Å². The minimum Gasteiger partial charge on any atom is -0.364 e. The Morgan fingerprint density at radius 2 is 1.12 bits per heavy atom. The number of nitrogens with zero attached hydrogens (tertiary/aromatic N) is 2. The second-order valence-electron chi connectivity index (χ2n) is 2.78. The second-order valence-corrected chi connectivity index (χ2v) is 3.59. The summed E-state index contributed by atoms with van der Waals surface area (Å²) in [5.74, 6) is 0. The third-order valence-corrected chi connectivity index (χ3v) is 2.22. The lowest BCUT2D eigenvalue weighted by Gasteiger charge is -2.05. The summed E-state index contributed by atoms with van der Waals surface area (Å²) in [5.41, 5.74) is 6.76. The van der Waals surface area contributed by atoms with Gasteiger partial charge in [-0.15, -0.1) is 0 Å². The van der Waals surface area contributed by atoms with E-state index in [2.05, 4.69) is 31.7 Å². The summed E-state index contributed by atoms with van der Waals surface area (Å²) >= 11 is 9.74. The first-order chi connectivity index (χ1) is 7.51. The monoisotopic (exact) mass is 260 g/mol. The molecule has 0 fully saturated rings. The molecule has 0 aromatic heterocycles. The van der Waals surface area contributed by atoms with Crippen LogP contribution in [0, 0.1) is 0 Å². The van der Waals surface area contributed by atoms with Crippen molar-refractivity contribution >= 4 is 46.1 Å². The van der Waals surface area contributed by atoms with Gasteiger partial charge < -0.3 is 10.6 Å². The van der Waals surface area contributed by atoms with Crippen LogP contribution in [0.1, 0.15) is 13.8 Å². The van der Waals surface area contributed by atoms with Gasteiger partial charge in [0.05, 0.1) is 11.4 Å². The quantitative estimate of drug-likeness (QED) is 0.323. The van der Waals surface area contributed by atoms with Gasteiger partial charge in [0, 0.05) is 14.1 Å². The van der Waals surface area contributed by atoms with E-state index in [0.29, 0.717) is 21.6 Å². The SMILES string of the molecule is CNC(=S)N/N=C(C)\C(C)=N/NC(=S)NC. The van der Waals surface area contributed by atoms with Gasteiger partial charge in [-0.1, -0.05) is 0 Å². The molecule has 0 spiro atoms. The number of hydrogen-bond donors (Lipinski definition) is 4. The predicted molar refractivity (Wildman–Crippen MR) is 75.8 cm³/mol. The fourth-order valence-corrected chi connectivity index (χ4v) is 0.634. The first-order valence-corrected chi connectivity index (χ1v) is 5.37. The molecular formula is C8H16N6S2. The van der Waals surface area contributed by atoms with Gasteiger partial charge in [-0.3, -0.25) is 10.9 Å². The molecule has 0 amide bonds. The van der Waals surface area contributed by atoms with Gasteiger partial charge in [0.1, 0.15) is 0 Å². The summed E-state index contributed by atoms with van der Waals surface area (Å²) in [6.07, 6.45) is 0. The molecule has 0 atom stereocenters. The normalized spacial score (nSPS) is 11.8. The highest BCUT2D eigenvalue weighted by molar-refractivity contribution is 7.80. The summed E-state index contributed by atoms with van der Waals surface area (Å²) in [6, 6.07) is 0. The van der Waals surface area contributed by atoms with E-state index in [-0.39, 0.29) is 0 Å². The van der Waals surface area contributed by atoms with Crippen molar-refractivity contribution in [3.05, 3.63) is 0 Å². The molecule has 0 unspecified atom stereocenters. The Kier molecular flexibility index (Phi) is 7.31.